The molecule has 0 aliphatic rings. The summed E-state index contributed by atoms with van der Waals surface area (Å²) in [4.78, 5) is 0. The lowest BCUT2D eigenvalue weighted by Gasteiger charge is -2.17. The summed E-state index contributed by atoms with van der Waals surface area (Å²) >= 11 is 0. The summed E-state index contributed by atoms with van der Waals surface area (Å²) in [7, 11) is 0. The Kier molecular flexibility index (Phi) is 6.19. The van der Waals surface area contributed by atoms with Crippen molar-refractivity contribution in [3.63, 3.8) is 0 Å². The smallest absolute Gasteiger partial charge is 0.0586 e. The van der Waals surface area contributed by atoms with Crippen LogP contribution in [-0.4, -0.2) is 11.2 Å². The van der Waals surface area contributed by atoms with Crippen molar-refractivity contribution in [2.45, 2.75) is 33.8 Å². The van der Waals surface area contributed by atoms with E-state index in [0.717, 1.165) is 0 Å². The Morgan fingerprint density at radius 2 is 1.11 bits per heavy atom. The highest BCUT2D eigenvalue weighted by Gasteiger charge is 2.11. The first-order chi connectivity index (χ1) is 3.55. The highest BCUT2D eigenvalue weighted by atomic mass is 16.3. The third-order valence-corrected chi connectivity index (χ3v) is 1.37. The van der Waals surface area contributed by atoms with Crippen molar-refractivity contribution in [3.8, 4) is 0 Å². The van der Waals surface area contributed by atoms with Gasteiger partial charge in [-0.15, -0.1) is 0 Å². The number of rotatable bonds is 2. The molecule has 0 amide bonds. The molecule has 0 aliphatic carbocycles. The van der Waals surface area contributed by atoms with Crippen molar-refractivity contribution in [2.24, 2.45) is 11.8 Å². The van der Waals surface area contributed by atoms with Gasteiger partial charge in [0, 0.05) is 0 Å². The summed E-state index contributed by atoms with van der Waals surface area (Å²) in [6.45, 7) is 8.13. The Labute approximate surface area is 57.9 Å². The van der Waals surface area contributed by atoms with Gasteiger partial charge in [-0.1, -0.05) is 27.7 Å². The molecule has 0 unspecified atom stereocenters. The lowest BCUT2D eigenvalue weighted by atomic mass is 9.97. The van der Waals surface area contributed by atoms with Gasteiger partial charge < -0.3 is 11.3 Å². The van der Waals surface area contributed by atoms with E-state index in [-0.39, 0.29) is 12.3 Å². The van der Waals surface area contributed by atoms with E-state index in [1.54, 1.807) is 0 Å². The predicted octanol–water partition coefficient (Wildman–Crippen LogP) is 1.82. The van der Waals surface area contributed by atoms with E-state index in [0.29, 0.717) is 11.8 Å². The Hall–Kier alpha value is -0.0800. The van der Waals surface area contributed by atoms with Gasteiger partial charge in [-0.3, -0.25) is 0 Å². The van der Waals surface area contributed by atoms with E-state index in [1.165, 1.54) is 0 Å². The quantitative estimate of drug-likeness (QED) is 0.603. The maximum absolute atomic E-state index is 9.20. The van der Waals surface area contributed by atoms with Crippen LogP contribution in [0, 0.1) is 11.8 Å². The van der Waals surface area contributed by atoms with E-state index < -0.39 is 0 Å². The average Bonchev–Trinajstić information content (AvgIpc) is 1.64. The van der Waals surface area contributed by atoms with Gasteiger partial charge in [-0.25, -0.2) is 0 Å². The fraction of sp³-hybridized carbons (Fsp3) is 1.00. The molecule has 0 spiro atoms. The van der Waals surface area contributed by atoms with Crippen molar-refractivity contribution in [2.75, 3.05) is 0 Å². The van der Waals surface area contributed by atoms with Crippen molar-refractivity contribution in [3.05, 3.63) is 0 Å². The maximum Gasteiger partial charge on any atom is 0.0586 e. The van der Waals surface area contributed by atoms with Gasteiger partial charge >= 0.3 is 0 Å². The highest BCUT2D eigenvalue weighted by molar-refractivity contribution is 4.62. The summed E-state index contributed by atoms with van der Waals surface area (Å²) in [5.74, 6) is 0.796. The fourth-order valence-electron chi connectivity index (χ4n) is 0.770. The average molecular weight is 133 g/mol. The number of hydrogen-bond acceptors (Lipinski definition) is 2. The first-order valence-electron chi connectivity index (χ1n) is 3.23. The van der Waals surface area contributed by atoms with Crippen LogP contribution in [0.5, 0.6) is 0 Å². The van der Waals surface area contributed by atoms with E-state index in [9.17, 15) is 5.11 Å². The maximum atomic E-state index is 9.20. The molecule has 0 saturated carbocycles. The molecule has 2 nitrogen and oxygen atoms in total. The van der Waals surface area contributed by atoms with Crippen LogP contribution in [0.4, 0.5) is 0 Å². The molecule has 0 heterocycles. The second-order valence-corrected chi connectivity index (χ2v) is 2.98. The van der Waals surface area contributed by atoms with Crippen molar-refractivity contribution in [1.82, 2.24) is 6.15 Å². The van der Waals surface area contributed by atoms with Crippen LogP contribution >= 0.6 is 0 Å². The number of aliphatic hydroxyl groups is 1. The third kappa shape index (κ3) is 4.43. The summed E-state index contributed by atoms with van der Waals surface area (Å²) in [6, 6.07) is 0. The highest BCUT2D eigenvalue weighted by Crippen LogP contribution is 2.10. The molecule has 0 bridgehead atoms. The van der Waals surface area contributed by atoms with Crippen molar-refractivity contribution in [1.29, 1.82) is 0 Å². The van der Waals surface area contributed by atoms with Gasteiger partial charge in [-0.2, -0.15) is 0 Å². The molecule has 4 N–H and O–H groups in total. The largest absolute Gasteiger partial charge is 0.393 e. The Bertz CT molecular complexity index is 53.9. The molecule has 58 valence electrons. The van der Waals surface area contributed by atoms with Crippen molar-refractivity contribution < 1.29 is 5.11 Å². The van der Waals surface area contributed by atoms with Crippen LogP contribution in [0.2, 0.25) is 0 Å². The van der Waals surface area contributed by atoms with E-state index in [4.69, 9.17) is 0 Å². The summed E-state index contributed by atoms with van der Waals surface area (Å²) in [5, 5.41) is 9.20. The third-order valence-electron chi connectivity index (χ3n) is 1.37. The molecule has 0 aromatic carbocycles. The minimum atomic E-state index is -0.130. The Balaban J connectivity index is 0. The second-order valence-electron chi connectivity index (χ2n) is 2.98. The zero-order valence-corrected chi connectivity index (χ0v) is 6.89. The standard InChI is InChI=1S/C7H16O.H3N/c1-5(2)7(8)6(3)4;/h5-8H,1-4H3;1H3. The van der Waals surface area contributed by atoms with E-state index >= 15 is 0 Å². The van der Waals surface area contributed by atoms with Gasteiger partial charge in [0.25, 0.3) is 0 Å². The Morgan fingerprint density at radius 1 is 0.889 bits per heavy atom. The molecule has 0 saturated heterocycles. The summed E-state index contributed by atoms with van der Waals surface area (Å²) in [6.07, 6.45) is -0.130. The van der Waals surface area contributed by atoms with Gasteiger partial charge in [0.05, 0.1) is 6.10 Å². The van der Waals surface area contributed by atoms with Gasteiger partial charge in [-0.05, 0) is 11.8 Å². The molecule has 0 aromatic rings. The van der Waals surface area contributed by atoms with Crippen LogP contribution in [0.25, 0.3) is 0 Å². The van der Waals surface area contributed by atoms with E-state index in [2.05, 4.69) is 0 Å². The molecule has 2 heteroatoms. The SMILES string of the molecule is CC(C)C(O)C(C)C.N. The van der Waals surface area contributed by atoms with Crippen molar-refractivity contribution >= 4 is 0 Å². The molecule has 0 aliphatic heterocycles. The lowest BCUT2D eigenvalue weighted by molar-refractivity contribution is 0.0801. The number of aliphatic hydroxyl groups excluding tert-OH is 1. The molecule has 0 atom stereocenters. The monoisotopic (exact) mass is 133 g/mol. The zero-order valence-electron chi connectivity index (χ0n) is 6.89. The second kappa shape index (κ2) is 4.77. The normalized spacial score (nSPS) is 10.7. The van der Waals surface area contributed by atoms with Crippen LogP contribution in [0.3, 0.4) is 0 Å². The van der Waals surface area contributed by atoms with Gasteiger partial charge in [0.1, 0.15) is 0 Å². The minimum Gasteiger partial charge on any atom is -0.393 e. The molecule has 0 rings (SSSR count). The molecular weight excluding hydrogens is 114 g/mol. The summed E-state index contributed by atoms with van der Waals surface area (Å²) in [5.41, 5.74) is 0. The van der Waals surface area contributed by atoms with Gasteiger partial charge in [0.15, 0.2) is 0 Å². The summed E-state index contributed by atoms with van der Waals surface area (Å²) < 4.78 is 0. The fourth-order valence-corrected chi connectivity index (χ4v) is 0.770. The predicted molar refractivity (Wildman–Crippen MR) is 40.7 cm³/mol. The first kappa shape index (κ1) is 11.7. The van der Waals surface area contributed by atoms with E-state index in [1.807, 2.05) is 27.7 Å². The minimum absolute atomic E-state index is 0. The first-order valence-corrected chi connectivity index (χ1v) is 3.23. The van der Waals surface area contributed by atoms with Crippen LogP contribution in [-0.2, 0) is 0 Å². The molecule has 9 heavy (non-hydrogen) atoms. The molecular formula is C7H19NO. The van der Waals surface area contributed by atoms with Crippen LogP contribution in [0.1, 0.15) is 27.7 Å². The zero-order chi connectivity index (χ0) is 6.73. The topological polar surface area (TPSA) is 55.2 Å². The molecule has 0 fully saturated rings. The number of hydrogen-bond donors (Lipinski definition) is 2. The molecule has 0 radical (unpaired) electrons. The molecule has 0 aromatic heterocycles. The van der Waals surface area contributed by atoms with Crippen LogP contribution < -0.4 is 6.15 Å². The Morgan fingerprint density at radius 3 is 1.11 bits per heavy atom. The van der Waals surface area contributed by atoms with Crippen LogP contribution in [0.15, 0.2) is 0 Å². The van der Waals surface area contributed by atoms with Gasteiger partial charge in [0.2, 0.25) is 0 Å². The lowest BCUT2D eigenvalue weighted by Crippen LogP contribution is -2.20.